The van der Waals surface area contributed by atoms with Gasteiger partial charge < -0.3 is 10.6 Å². The average molecular weight is 449 g/mol. The summed E-state index contributed by atoms with van der Waals surface area (Å²) in [5, 5.41) is 6.87. The van der Waals surface area contributed by atoms with Crippen molar-refractivity contribution in [1.29, 1.82) is 0 Å². The van der Waals surface area contributed by atoms with Crippen molar-refractivity contribution < 1.29 is 9.59 Å². The topological polar surface area (TPSA) is 58.2 Å². The van der Waals surface area contributed by atoms with Gasteiger partial charge in [0.05, 0.1) is 10.0 Å². The minimum absolute atomic E-state index is 0.0345. The predicted octanol–water partition coefficient (Wildman–Crippen LogP) is 6.97. The number of benzene rings is 2. The van der Waals surface area contributed by atoms with Gasteiger partial charge in [-0.2, -0.15) is 0 Å². The molecular formula is C24H30Cl2N2O2. The molecule has 0 heterocycles. The Morgan fingerprint density at radius 1 is 0.833 bits per heavy atom. The summed E-state index contributed by atoms with van der Waals surface area (Å²) in [5.41, 5.74) is 1.11. The molecule has 162 valence electrons. The second-order valence-corrected chi connectivity index (χ2v) is 9.75. The Balaban J connectivity index is 2.08. The van der Waals surface area contributed by atoms with E-state index in [2.05, 4.69) is 17.6 Å². The fourth-order valence-corrected chi connectivity index (χ4v) is 3.57. The average Bonchev–Trinajstić information content (AvgIpc) is 2.64. The number of nitrogens with one attached hydrogen (secondary N) is 2. The first-order valence-electron chi connectivity index (χ1n) is 10.1. The highest BCUT2D eigenvalue weighted by Crippen LogP contribution is 2.29. The summed E-state index contributed by atoms with van der Waals surface area (Å²) in [6.45, 7) is 9.68. The fourth-order valence-electron chi connectivity index (χ4n) is 3.25. The lowest BCUT2D eigenvalue weighted by atomic mass is 9.84. The van der Waals surface area contributed by atoms with Crippen molar-refractivity contribution in [2.75, 3.05) is 10.6 Å². The minimum atomic E-state index is -0.667. The number of anilines is 2. The molecule has 0 aliphatic rings. The van der Waals surface area contributed by atoms with Crippen LogP contribution in [0.5, 0.6) is 0 Å². The molecule has 0 unspecified atom stereocenters. The van der Waals surface area contributed by atoms with E-state index in [9.17, 15) is 9.59 Å². The second-order valence-electron chi connectivity index (χ2n) is 8.93. The Hall–Kier alpha value is -2.04. The molecule has 6 heteroatoms. The number of rotatable bonds is 8. The van der Waals surface area contributed by atoms with Crippen LogP contribution in [-0.2, 0) is 16.0 Å². The maximum atomic E-state index is 12.9. The maximum Gasteiger partial charge on any atom is 0.230 e. The van der Waals surface area contributed by atoms with E-state index >= 15 is 0 Å². The highest BCUT2D eigenvalue weighted by Gasteiger charge is 2.29. The van der Waals surface area contributed by atoms with Crippen molar-refractivity contribution in [1.82, 2.24) is 0 Å². The SMILES string of the molecule is CCCC(C)(C)C(=O)Nc1cccc(NC(=O)C(C)(C)Cc2ccc(Cl)c(Cl)c2)c1. The minimum Gasteiger partial charge on any atom is -0.326 e. The van der Waals surface area contributed by atoms with Gasteiger partial charge in [0.2, 0.25) is 11.8 Å². The lowest BCUT2D eigenvalue weighted by Crippen LogP contribution is -2.33. The van der Waals surface area contributed by atoms with Crippen LogP contribution < -0.4 is 10.6 Å². The van der Waals surface area contributed by atoms with Crippen molar-refractivity contribution in [3.8, 4) is 0 Å². The third kappa shape index (κ3) is 6.48. The second kappa shape index (κ2) is 9.84. The lowest BCUT2D eigenvalue weighted by Gasteiger charge is -2.25. The Morgan fingerprint density at radius 2 is 1.40 bits per heavy atom. The van der Waals surface area contributed by atoms with Crippen LogP contribution >= 0.6 is 23.2 Å². The van der Waals surface area contributed by atoms with Crippen LogP contribution in [0.2, 0.25) is 10.0 Å². The molecule has 2 aromatic rings. The summed E-state index contributed by atoms with van der Waals surface area (Å²) in [4.78, 5) is 25.5. The zero-order chi connectivity index (χ0) is 22.5. The number of carbonyl (C=O) groups is 2. The summed E-state index contributed by atoms with van der Waals surface area (Å²) < 4.78 is 0. The van der Waals surface area contributed by atoms with Crippen LogP contribution in [0.25, 0.3) is 0 Å². The van der Waals surface area contributed by atoms with Gasteiger partial charge in [-0.3, -0.25) is 9.59 Å². The molecule has 0 spiro atoms. The third-order valence-electron chi connectivity index (χ3n) is 5.11. The summed E-state index contributed by atoms with van der Waals surface area (Å²) >= 11 is 12.1. The number of hydrogen-bond acceptors (Lipinski definition) is 2. The summed E-state index contributed by atoms with van der Waals surface area (Å²) in [6.07, 6.45) is 2.25. The van der Waals surface area contributed by atoms with Crippen molar-refractivity contribution in [2.45, 2.75) is 53.9 Å². The van der Waals surface area contributed by atoms with Gasteiger partial charge >= 0.3 is 0 Å². The van der Waals surface area contributed by atoms with Crippen LogP contribution in [0, 0.1) is 10.8 Å². The van der Waals surface area contributed by atoms with E-state index in [1.807, 2.05) is 45.9 Å². The standard InChI is InChI=1S/C24H30Cl2N2O2/c1-6-12-23(2,3)21(29)27-17-8-7-9-18(14-17)28-22(30)24(4,5)15-16-10-11-19(25)20(26)13-16/h7-11,13-14H,6,12,15H2,1-5H3,(H,27,29)(H,28,30). The first-order chi connectivity index (χ1) is 13.9. The van der Waals surface area contributed by atoms with Crippen LogP contribution in [0.3, 0.4) is 0 Å². The van der Waals surface area contributed by atoms with Gasteiger partial charge in [0, 0.05) is 22.2 Å². The highest BCUT2D eigenvalue weighted by molar-refractivity contribution is 6.42. The number of carbonyl (C=O) groups excluding carboxylic acids is 2. The highest BCUT2D eigenvalue weighted by atomic mass is 35.5. The zero-order valence-electron chi connectivity index (χ0n) is 18.2. The molecule has 0 bridgehead atoms. The van der Waals surface area contributed by atoms with Crippen LogP contribution in [0.1, 0.15) is 53.0 Å². The molecule has 0 atom stereocenters. The number of halogens is 2. The normalized spacial score (nSPS) is 11.8. The molecule has 0 aliphatic heterocycles. The number of amides is 2. The van der Waals surface area contributed by atoms with Crippen molar-refractivity contribution in [2.24, 2.45) is 10.8 Å². The van der Waals surface area contributed by atoms with Crippen molar-refractivity contribution in [3.05, 3.63) is 58.1 Å². The van der Waals surface area contributed by atoms with E-state index in [0.29, 0.717) is 27.8 Å². The summed E-state index contributed by atoms with van der Waals surface area (Å²) in [7, 11) is 0. The zero-order valence-corrected chi connectivity index (χ0v) is 19.7. The fraction of sp³-hybridized carbons (Fsp3) is 0.417. The van der Waals surface area contributed by atoms with Gasteiger partial charge in [-0.15, -0.1) is 0 Å². The molecule has 2 aromatic carbocycles. The van der Waals surface area contributed by atoms with E-state index < -0.39 is 10.8 Å². The largest absolute Gasteiger partial charge is 0.326 e. The van der Waals surface area contributed by atoms with E-state index in [1.54, 1.807) is 24.3 Å². The van der Waals surface area contributed by atoms with Gasteiger partial charge in [-0.25, -0.2) is 0 Å². The Morgan fingerprint density at radius 3 is 1.93 bits per heavy atom. The monoisotopic (exact) mass is 448 g/mol. The third-order valence-corrected chi connectivity index (χ3v) is 5.85. The predicted molar refractivity (Wildman–Crippen MR) is 126 cm³/mol. The molecule has 2 amide bonds. The van der Waals surface area contributed by atoms with Gasteiger partial charge in [-0.05, 0) is 48.7 Å². The van der Waals surface area contributed by atoms with Crippen molar-refractivity contribution >= 4 is 46.4 Å². The molecule has 2 rings (SSSR count). The van der Waals surface area contributed by atoms with Crippen LogP contribution in [0.4, 0.5) is 11.4 Å². The lowest BCUT2D eigenvalue weighted by molar-refractivity contribution is -0.124. The molecule has 0 saturated carbocycles. The Labute approximate surface area is 189 Å². The number of hydrogen-bond donors (Lipinski definition) is 2. The first kappa shape index (κ1) is 24.2. The Kier molecular flexibility index (Phi) is 7.95. The molecule has 4 nitrogen and oxygen atoms in total. The molecular weight excluding hydrogens is 419 g/mol. The van der Waals surface area contributed by atoms with Gasteiger partial charge in [0.1, 0.15) is 0 Å². The summed E-state index contributed by atoms with van der Waals surface area (Å²) in [6, 6.07) is 12.6. The van der Waals surface area contributed by atoms with Crippen LogP contribution in [0.15, 0.2) is 42.5 Å². The van der Waals surface area contributed by atoms with Crippen LogP contribution in [-0.4, -0.2) is 11.8 Å². The van der Waals surface area contributed by atoms with Gasteiger partial charge in [-0.1, -0.05) is 76.4 Å². The summed E-state index contributed by atoms with van der Waals surface area (Å²) in [5.74, 6) is -0.156. The molecule has 0 aliphatic carbocycles. The smallest absolute Gasteiger partial charge is 0.230 e. The van der Waals surface area contributed by atoms with Gasteiger partial charge in [0.15, 0.2) is 0 Å². The van der Waals surface area contributed by atoms with Crippen molar-refractivity contribution in [3.63, 3.8) is 0 Å². The molecule has 0 radical (unpaired) electrons. The van der Waals surface area contributed by atoms with E-state index in [0.717, 1.165) is 18.4 Å². The molecule has 0 saturated heterocycles. The van der Waals surface area contributed by atoms with E-state index in [1.165, 1.54) is 0 Å². The van der Waals surface area contributed by atoms with E-state index in [4.69, 9.17) is 23.2 Å². The molecule has 2 N–H and O–H groups in total. The quantitative estimate of drug-likeness (QED) is 0.457. The molecule has 0 aromatic heterocycles. The first-order valence-corrected chi connectivity index (χ1v) is 10.9. The molecule has 30 heavy (non-hydrogen) atoms. The van der Waals surface area contributed by atoms with E-state index in [-0.39, 0.29) is 11.8 Å². The van der Waals surface area contributed by atoms with Gasteiger partial charge in [0.25, 0.3) is 0 Å². The Bertz CT molecular complexity index is 923. The maximum absolute atomic E-state index is 12.9. The molecule has 0 fully saturated rings.